The number of carbonyl (C=O) groups excluding carboxylic acids is 1. The second-order valence-corrected chi connectivity index (χ2v) is 14.7. The molecule has 2 saturated carbocycles. The van der Waals surface area contributed by atoms with E-state index in [4.69, 9.17) is 11.6 Å². The average Bonchev–Trinajstić information content (AvgIpc) is 3.44. The van der Waals surface area contributed by atoms with Gasteiger partial charge in [-0.25, -0.2) is 26.6 Å². The standard InChI is InChI=1S/C29H31ClF3N3O6S/c1-13-6-15-8-17(11-18(13)29(15,40)27-34-12-22(36-27)25(37)28(2,3)39)43(41,42)23-7-14(4-5-19(23)30)26(38)35-16-9-20(31)24(33)21(32)10-16/h4-5,7,9-10,12-13,15,17-18,25,37,39-40H,6,8,11H2,1-3H3,(H,34,36)(H,35,38)/t13-,15?,17+,18?,25?,29+/m0/s1. The molecule has 0 saturated heterocycles. The van der Waals surface area contributed by atoms with Gasteiger partial charge in [-0.15, -0.1) is 0 Å². The molecule has 3 aromatic rings. The van der Waals surface area contributed by atoms with Crippen LogP contribution in [0.2, 0.25) is 5.02 Å². The van der Waals surface area contributed by atoms with Gasteiger partial charge in [-0.05, 0) is 69.1 Å². The largest absolute Gasteiger partial charge is 0.387 e. The highest BCUT2D eigenvalue weighted by Crippen LogP contribution is 2.58. The first-order valence-electron chi connectivity index (χ1n) is 13.6. The molecule has 5 N–H and O–H groups in total. The highest BCUT2D eigenvalue weighted by Gasteiger charge is 2.60. The zero-order valence-corrected chi connectivity index (χ0v) is 25.0. The summed E-state index contributed by atoms with van der Waals surface area (Å²) in [4.78, 5) is 19.8. The number of sulfone groups is 1. The van der Waals surface area contributed by atoms with Gasteiger partial charge >= 0.3 is 0 Å². The Hall–Kier alpha value is -2.97. The maximum Gasteiger partial charge on any atom is 0.255 e. The van der Waals surface area contributed by atoms with Gasteiger partial charge in [-0.3, -0.25) is 4.79 Å². The number of nitrogens with zero attached hydrogens (tertiary/aromatic N) is 1. The Morgan fingerprint density at radius 2 is 1.81 bits per heavy atom. The second kappa shape index (κ2) is 10.9. The van der Waals surface area contributed by atoms with Crippen LogP contribution >= 0.6 is 11.6 Å². The van der Waals surface area contributed by atoms with Crippen molar-refractivity contribution in [3.63, 3.8) is 0 Å². The van der Waals surface area contributed by atoms with Crippen molar-refractivity contribution in [3.8, 4) is 0 Å². The van der Waals surface area contributed by atoms with Crippen LogP contribution in [-0.2, 0) is 15.4 Å². The summed E-state index contributed by atoms with van der Waals surface area (Å²) in [6.07, 6.45) is 0.676. The number of rotatable bonds is 7. The number of hydrogen-bond acceptors (Lipinski definition) is 7. The minimum atomic E-state index is -4.15. The van der Waals surface area contributed by atoms with Crippen LogP contribution < -0.4 is 5.32 Å². The highest BCUT2D eigenvalue weighted by atomic mass is 35.5. The minimum absolute atomic E-state index is 0.0570. The van der Waals surface area contributed by atoms with Crippen LogP contribution in [0.5, 0.6) is 0 Å². The van der Waals surface area contributed by atoms with E-state index in [1.54, 1.807) is 0 Å². The lowest BCUT2D eigenvalue weighted by atomic mass is 9.72. The lowest BCUT2D eigenvalue weighted by Gasteiger charge is -2.41. The van der Waals surface area contributed by atoms with Gasteiger partial charge in [-0.1, -0.05) is 18.5 Å². The van der Waals surface area contributed by atoms with Gasteiger partial charge in [0.2, 0.25) is 0 Å². The molecule has 2 aromatic carbocycles. The third-order valence-corrected chi connectivity index (χ3v) is 11.4. The van der Waals surface area contributed by atoms with E-state index in [1.165, 1.54) is 32.2 Å². The minimum Gasteiger partial charge on any atom is -0.387 e. The number of anilines is 1. The number of aliphatic hydroxyl groups excluding tert-OH is 1. The normalized spacial score (nSPS) is 26.4. The fourth-order valence-corrected chi connectivity index (χ4v) is 8.84. The van der Waals surface area contributed by atoms with E-state index in [0.29, 0.717) is 18.6 Å². The molecule has 2 aliphatic carbocycles. The first-order valence-corrected chi connectivity index (χ1v) is 15.5. The quantitative estimate of drug-likeness (QED) is 0.236. The first-order chi connectivity index (χ1) is 19.9. The molecule has 43 heavy (non-hydrogen) atoms. The number of H-pyrrole nitrogens is 1. The maximum atomic E-state index is 13.9. The van der Waals surface area contributed by atoms with Crippen LogP contribution in [0.3, 0.4) is 0 Å². The first kappa shape index (κ1) is 31.5. The van der Waals surface area contributed by atoms with Gasteiger partial charge in [0.25, 0.3) is 5.91 Å². The molecular weight excluding hydrogens is 611 g/mol. The molecule has 2 aliphatic rings. The van der Waals surface area contributed by atoms with Gasteiger partial charge in [0, 0.05) is 23.4 Å². The number of aromatic amines is 1. The monoisotopic (exact) mass is 641 g/mol. The molecule has 9 nitrogen and oxygen atoms in total. The molecule has 14 heteroatoms. The number of benzene rings is 2. The third kappa shape index (κ3) is 5.46. The third-order valence-electron chi connectivity index (χ3n) is 8.71. The predicted octanol–water partition coefficient (Wildman–Crippen LogP) is 4.63. The molecule has 5 rings (SSSR count). The van der Waals surface area contributed by atoms with Crippen LogP contribution in [0, 0.1) is 35.2 Å². The van der Waals surface area contributed by atoms with Crippen LogP contribution in [0.25, 0.3) is 0 Å². The molecular formula is C29H31ClF3N3O6S. The van der Waals surface area contributed by atoms with Crippen molar-refractivity contribution in [3.05, 3.63) is 76.1 Å². The summed E-state index contributed by atoms with van der Waals surface area (Å²) in [5.41, 5.74) is -3.29. The SMILES string of the molecule is C[C@H]1CC2C[C@@H](S(=O)(=O)c3cc(C(=O)Nc4cc(F)c(F)c(F)c4)ccc3Cl)CC1[C@@]2(O)c1ncc(C(O)C(C)(C)O)[nH]1. The summed E-state index contributed by atoms with van der Waals surface area (Å²) < 4.78 is 68.4. The fraction of sp³-hybridized carbons (Fsp3) is 0.448. The Kier molecular flexibility index (Phi) is 7.96. The average molecular weight is 642 g/mol. The maximum absolute atomic E-state index is 13.9. The molecule has 3 unspecified atom stereocenters. The van der Waals surface area contributed by atoms with Crippen LogP contribution in [0.1, 0.15) is 68.0 Å². The van der Waals surface area contributed by atoms with Crippen LogP contribution in [0.4, 0.5) is 18.9 Å². The van der Waals surface area contributed by atoms with Crippen LogP contribution in [-0.4, -0.2) is 50.5 Å². The van der Waals surface area contributed by atoms with Gasteiger partial charge in [0.05, 0.1) is 32.7 Å². The van der Waals surface area contributed by atoms with Gasteiger partial charge in [0.1, 0.15) is 17.5 Å². The molecule has 0 aliphatic heterocycles. The van der Waals surface area contributed by atoms with E-state index < -0.39 is 67.6 Å². The number of nitrogens with one attached hydrogen (secondary N) is 2. The summed E-state index contributed by atoms with van der Waals surface area (Å²) in [6, 6.07) is 4.74. The summed E-state index contributed by atoms with van der Waals surface area (Å²) in [5.74, 6) is -6.54. The number of aromatic nitrogens is 2. The number of carbonyl (C=O) groups is 1. The van der Waals surface area contributed by atoms with Crippen molar-refractivity contribution in [1.82, 2.24) is 9.97 Å². The summed E-state index contributed by atoms with van der Waals surface area (Å²) >= 11 is 6.30. The predicted molar refractivity (Wildman–Crippen MR) is 150 cm³/mol. The van der Waals surface area contributed by atoms with Crippen molar-refractivity contribution >= 4 is 33.0 Å². The lowest BCUT2D eigenvalue weighted by Crippen LogP contribution is -2.47. The Labute approximate surface area is 251 Å². The summed E-state index contributed by atoms with van der Waals surface area (Å²) in [6.45, 7) is 4.78. The van der Waals surface area contributed by atoms with Crippen molar-refractivity contribution < 1.29 is 41.7 Å². The number of fused-ring (bicyclic) bond motifs is 2. The summed E-state index contributed by atoms with van der Waals surface area (Å²) in [7, 11) is -4.15. The number of aliphatic hydroxyl groups is 3. The molecule has 6 atom stereocenters. The molecule has 2 fully saturated rings. The Balaban J connectivity index is 1.41. The fourth-order valence-electron chi connectivity index (χ4n) is 6.47. The van der Waals surface area contributed by atoms with E-state index in [1.807, 2.05) is 6.92 Å². The van der Waals surface area contributed by atoms with Gasteiger partial charge < -0.3 is 25.6 Å². The van der Waals surface area contributed by atoms with Crippen molar-refractivity contribution in [2.75, 3.05) is 5.32 Å². The zero-order valence-electron chi connectivity index (χ0n) is 23.4. The highest BCUT2D eigenvalue weighted by molar-refractivity contribution is 7.92. The Morgan fingerprint density at radius 3 is 2.42 bits per heavy atom. The van der Waals surface area contributed by atoms with E-state index in [-0.39, 0.29) is 51.4 Å². The topological polar surface area (TPSA) is 153 Å². The number of halogens is 4. The summed E-state index contributed by atoms with van der Waals surface area (Å²) in [5, 5.41) is 33.7. The molecule has 0 spiro atoms. The Morgan fingerprint density at radius 1 is 1.16 bits per heavy atom. The molecule has 1 heterocycles. The number of imidazole rings is 1. The smallest absolute Gasteiger partial charge is 0.255 e. The van der Waals surface area contributed by atoms with Gasteiger partial charge in [0.15, 0.2) is 27.3 Å². The van der Waals surface area contributed by atoms with Crippen molar-refractivity contribution in [1.29, 1.82) is 0 Å². The zero-order chi connectivity index (χ0) is 31.6. The van der Waals surface area contributed by atoms with E-state index in [0.717, 1.165) is 6.07 Å². The van der Waals surface area contributed by atoms with E-state index in [2.05, 4.69) is 15.3 Å². The molecule has 1 aromatic heterocycles. The second-order valence-electron chi connectivity index (χ2n) is 12.1. The van der Waals surface area contributed by atoms with Crippen LogP contribution in [0.15, 0.2) is 41.4 Å². The molecule has 0 radical (unpaired) electrons. The van der Waals surface area contributed by atoms with E-state index >= 15 is 0 Å². The van der Waals surface area contributed by atoms with Crippen molar-refractivity contribution in [2.45, 2.75) is 67.5 Å². The molecule has 1 amide bonds. The van der Waals surface area contributed by atoms with Gasteiger partial charge in [-0.2, -0.15) is 0 Å². The molecule has 2 bridgehead atoms. The molecule has 232 valence electrons. The lowest BCUT2D eigenvalue weighted by molar-refractivity contribution is -0.0775. The Bertz CT molecular complexity index is 1670. The number of hydrogen-bond donors (Lipinski definition) is 5. The van der Waals surface area contributed by atoms with Crippen molar-refractivity contribution in [2.24, 2.45) is 17.8 Å². The van der Waals surface area contributed by atoms with E-state index in [9.17, 15) is 41.7 Å². The number of amides is 1.